The molecular weight excluding hydrogens is 509 g/mol. The molecule has 2 atom stereocenters. The van der Waals surface area contributed by atoms with Crippen LogP contribution in [0.2, 0.25) is 0 Å². The highest BCUT2D eigenvalue weighted by Crippen LogP contribution is 2.17. The van der Waals surface area contributed by atoms with Gasteiger partial charge in [0.1, 0.15) is 6.10 Å². The average molecular weight is 552 g/mol. The summed E-state index contributed by atoms with van der Waals surface area (Å²) in [5.41, 5.74) is 0. The number of amides is 1. The van der Waals surface area contributed by atoms with Crippen molar-refractivity contribution in [3.63, 3.8) is 0 Å². The van der Waals surface area contributed by atoms with Crippen LogP contribution < -0.4 is 5.32 Å². The summed E-state index contributed by atoms with van der Waals surface area (Å²) in [5, 5.41) is 3.47. The first-order valence-electron chi connectivity index (χ1n) is 11.8. The third-order valence-corrected chi connectivity index (χ3v) is 6.19. The summed E-state index contributed by atoms with van der Waals surface area (Å²) in [4.78, 5) is 24.5. The summed E-state index contributed by atoms with van der Waals surface area (Å²) in [6, 6.07) is 0.449. The van der Waals surface area contributed by atoms with Gasteiger partial charge < -0.3 is 24.6 Å². The molecule has 0 aromatic heterocycles. The van der Waals surface area contributed by atoms with Crippen LogP contribution in [0.5, 0.6) is 0 Å². The number of rotatable bonds is 7. The second-order valence-corrected chi connectivity index (χ2v) is 8.94. The van der Waals surface area contributed by atoms with Gasteiger partial charge in [0.15, 0.2) is 5.96 Å². The Labute approximate surface area is 205 Å². The van der Waals surface area contributed by atoms with Gasteiger partial charge in [0.05, 0.1) is 19.8 Å². The second kappa shape index (κ2) is 13.8. The van der Waals surface area contributed by atoms with E-state index < -0.39 is 0 Å². The molecule has 0 bridgehead atoms. The fourth-order valence-electron chi connectivity index (χ4n) is 4.56. The quantitative estimate of drug-likeness (QED) is 0.295. The van der Waals surface area contributed by atoms with Gasteiger partial charge in [-0.25, -0.2) is 0 Å². The van der Waals surface area contributed by atoms with Gasteiger partial charge in [-0.1, -0.05) is 13.8 Å². The molecule has 0 radical (unpaired) electrons. The lowest BCUT2D eigenvalue weighted by atomic mass is 10.0. The van der Waals surface area contributed by atoms with Crippen LogP contribution in [-0.2, 0) is 14.3 Å². The molecule has 0 aromatic rings. The Bertz CT molecular complexity index is 557. The SMILES string of the molecule is CCNC(=NCC(CC(C)C)N1CCOCC1)N1CCN(C(=O)C2CCCO2)CC1.I. The van der Waals surface area contributed by atoms with Crippen molar-refractivity contribution in [2.45, 2.75) is 52.2 Å². The van der Waals surface area contributed by atoms with Crippen LogP contribution in [0, 0.1) is 5.92 Å². The number of hydrogen-bond acceptors (Lipinski definition) is 5. The van der Waals surface area contributed by atoms with Gasteiger partial charge in [-0.05, 0) is 32.1 Å². The van der Waals surface area contributed by atoms with Crippen LogP contribution in [0.3, 0.4) is 0 Å². The molecule has 3 aliphatic heterocycles. The lowest BCUT2D eigenvalue weighted by molar-refractivity contribution is -0.142. The Morgan fingerprint density at radius 1 is 1.06 bits per heavy atom. The number of carbonyl (C=O) groups excluding carboxylic acids is 1. The first-order valence-corrected chi connectivity index (χ1v) is 11.8. The van der Waals surface area contributed by atoms with E-state index in [4.69, 9.17) is 14.5 Å². The third-order valence-electron chi connectivity index (χ3n) is 6.19. The van der Waals surface area contributed by atoms with E-state index in [-0.39, 0.29) is 36.0 Å². The Hall–Kier alpha value is -0.650. The minimum Gasteiger partial charge on any atom is -0.379 e. The number of hydrogen-bond donors (Lipinski definition) is 1. The van der Waals surface area contributed by atoms with E-state index in [1.165, 1.54) is 0 Å². The standard InChI is InChI=1S/C22H41N5O3.HI/c1-4-23-22(24-17-19(16-18(2)3)25-11-14-29-15-12-25)27-9-7-26(8-10-27)21(28)20-6-5-13-30-20;/h18-20H,4-17H2,1-3H3,(H,23,24);1H. The van der Waals surface area contributed by atoms with Gasteiger partial charge in [0.25, 0.3) is 5.91 Å². The van der Waals surface area contributed by atoms with Crippen molar-refractivity contribution in [3.05, 3.63) is 0 Å². The molecule has 3 saturated heterocycles. The van der Waals surface area contributed by atoms with Gasteiger partial charge in [0, 0.05) is 58.5 Å². The molecule has 1 amide bonds. The highest BCUT2D eigenvalue weighted by Gasteiger charge is 2.31. The van der Waals surface area contributed by atoms with E-state index in [0.29, 0.717) is 18.6 Å². The first-order chi connectivity index (χ1) is 14.6. The summed E-state index contributed by atoms with van der Waals surface area (Å²) < 4.78 is 11.1. The number of guanidine groups is 1. The van der Waals surface area contributed by atoms with Crippen LogP contribution >= 0.6 is 24.0 Å². The maximum atomic E-state index is 12.6. The molecule has 3 fully saturated rings. The molecular formula is C22H42IN5O3. The molecule has 3 heterocycles. The van der Waals surface area contributed by atoms with Crippen LogP contribution in [0.1, 0.15) is 40.0 Å². The van der Waals surface area contributed by atoms with Crippen molar-refractivity contribution >= 4 is 35.8 Å². The van der Waals surface area contributed by atoms with E-state index in [2.05, 4.69) is 35.9 Å². The first kappa shape index (κ1) is 26.6. The number of carbonyl (C=O) groups is 1. The molecule has 0 aromatic carbocycles. The number of ether oxygens (including phenoxy) is 2. The molecule has 0 spiro atoms. The summed E-state index contributed by atoms with van der Waals surface area (Å²) in [6.07, 6.45) is 2.78. The van der Waals surface area contributed by atoms with E-state index in [0.717, 1.165) is 90.8 Å². The monoisotopic (exact) mass is 551 g/mol. The zero-order valence-corrected chi connectivity index (χ0v) is 21.9. The van der Waals surface area contributed by atoms with Crippen LogP contribution in [0.25, 0.3) is 0 Å². The number of nitrogens with one attached hydrogen (secondary N) is 1. The minimum atomic E-state index is -0.219. The summed E-state index contributed by atoms with van der Waals surface area (Å²) in [5.74, 6) is 1.78. The van der Waals surface area contributed by atoms with Gasteiger partial charge in [-0.3, -0.25) is 14.7 Å². The molecule has 31 heavy (non-hydrogen) atoms. The Balaban J connectivity index is 0.00000341. The number of halogens is 1. The van der Waals surface area contributed by atoms with E-state index >= 15 is 0 Å². The zero-order chi connectivity index (χ0) is 21.3. The lowest BCUT2D eigenvalue weighted by Crippen LogP contribution is -2.55. The fourth-order valence-corrected chi connectivity index (χ4v) is 4.56. The Morgan fingerprint density at radius 2 is 1.74 bits per heavy atom. The van der Waals surface area contributed by atoms with Gasteiger partial charge in [0.2, 0.25) is 0 Å². The molecule has 180 valence electrons. The molecule has 0 aliphatic carbocycles. The molecule has 3 aliphatic rings. The number of piperazine rings is 1. The van der Waals surface area contributed by atoms with Crippen molar-refractivity contribution in [3.8, 4) is 0 Å². The normalized spacial score (nSPS) is 24.3. The zero-order valence-electron chi connectivity index (χ0n) is 19.6. The summed E-state index contributed by atoms with van der Waals surface area (Å²) in [6.45, 7) is 15.8. The largest absolute Gasteiger partial charge is 0.379 e. The molecule has 2 unspecified atom stereocenters. The van der Waals surface area contributed by atoms with Crippen molar-refractivity contribution < 1.29 is 14.3 Å². The van der Waals surface area contributed by atoms with E-state index in [9.17, 15) is 4.79 Å². The van der Waals surface area contributed by atoms with Crippen LogP contribution in [-0.4, -0.2) is 111 Å². The second-order valence-electron chi connectivity index (χ2n) is 8.94. The van der Waals surface area contributed by atoms with Crippen molar-refractivity contribution in [2.24, 2.45) is 10.9 Å². The van der Waals surface area contributed by atoms with Crippen molar-refractivity contribution in [2.75, 3.05) is 72.2 Å². The number of aliphatic imine (C=N–C) groups is 1. The minimum absolute atomic E-state index is 0. The highest BCUT2D eigenvalue weighted by molar-refractivity contribution is 14.0. The van der Waals surface area contributed by atoms with E-state index in [1.54, 1.807) is 0 Å². The van der Waals surface area contributed by atoms with Crippen molar-refractivity contribution in [1.29, 1.82) is 0 Å². The maximum Gasteiger partial charge on any atom is 0.251 e. The Kier molecular flexibility index (Phi) is 11.8. The molecule has 9 heteroatoms. The Morgan fingerprint density at radius 3 is 2.32 bits per heavy atom. The smallest absolute Gasteiger partial charge is 0.251 e. The van der Waals surface area contributed by atoms with Crippen LogP contribution in [0.15, 0.2) is 4.99 Å². The van der Waals surface area contributed by atoms with Gasteiger partial charge in [-0.2, -0.15) is 0 Å². The molecule has 1 N–H and O–H groups in total. The van der Waals surface area contributed by atoms with Gasteiger partial charge >= 0.3 is 0 Å². The van der Waals surface area contributed by atoms with Crippen molar-refractivity contribution in [1.82, 2.24) is 20.0 Å². The number of nitrogens with zero attached hydrogens (tertiary/aromatic N) is 4. The van der Waals surface area contributed by atoms with Crippen LogP contribution in [0.4, 0.5) is 0 Å². The number of morpholine rings is 1. The fraction of sp³-hybridized carbons (Fsp3) is 0.909. The van der Waals surface area contributed by atoms with E-state index in [1.807, 2.05) is 4.90 Å². The lowest BCUT2D eigenvalue weighted by Gasteiger charge is -2.38. The highest BCUT2D eigenvalue weighted by atomic mass is 127. The average Bonchev–Trinajstić information content (AvgIpc) is 3.30. The topological polar surface area (TPSA) is 69.6 Å². The predicted molar refractivity (Wildman–Crippen MR) is 134 cm³/mol. The summed E-state index contributed by atoms with van der Waals surface area (Å²) in [7, 11) is 0. The summed E-state index contributed by atoms with van der Waals surface area (Å²) >= 11 is 0. The maximum absolute atomic E-state index is 12.6. The molecule has 0 saturated carbocycles. The van der Waals surface area contributed by atoms with Gasteiger partial charge in [-0.15, -0.1) is 24.0 Å². The molecule has 3 rings (SSSR count). The molecule has 8 nitrogen and oxygen atoms in total. The third kappa shape index (κ3) is 8.01. The predicted octanol–water partition coefficient (Wildman–Crippen LogP) is 1.64.